The first-order valence-electron chi connectivity index (χ1n) is 9.10. The van der Waals surface area contributed by atoms with Crippen molar-refractivity contribution in [3.05, 3.63) is 29.5 Å². The average Bonchev–Trinajstić information content (AvgIpc) is 2.56. The summed E-state index contributed by atoms with van der Waals surface area (Å²) in [5, 5.41) is 3.47. The molecule has 0 rings (SSSR count). The largest absolute Gasteiger partial charge is 0.385 e. The number of terminal acetylenes is 1. The molecule has 0 heterocycles. The lowest BCUT2D eigenvalue weighted by atomic mass is 10.0. The van der Waals surface area contributed by atoms with E-state index >= 15 is 0 Å². The van der Waals surface area contributed by atoms with Crippen LogP contribution in [0, 0.1) is 18.3 Å². The normalized spacial score (nSPS) is 13.0. The number of thioether (sulfide) groups is 1. The summed E-state index contributed by atoms with van der Waals surface area (Å²) in [6, 6.07) is -0.274. The second-order valence-corrected chi connectivity index (χ2v) is 8.18. The monoisotopic (exact) mass is 348 g/mol. The van der Waals surface area contributed by atoms with Crippen LogP contribution in [-0.2, 0) is 0 Å². The van der Waals surface area contributed by atoms with Crippen LogP contribution in [0.1, 0.15) is 65.7 Å². The first-order valence-corrected chi connectivity index (χ1v) is 9.98. The van der Waals surface area contributed by atoms with Crippen LogP contribution in [0.25, 0.3) is 0 Å². The third kappa shape index (κ3) is 12.4. The van der Waals surface area contributed by atoms with Gasteiger partial charge < -0.3 is 11.1 Å². The predicted octanol–water partition coefficient (Wildman–Crippen LogP) is 5.23. The van der Waals surface area contributed by atoms with Crippen LogP contribution in [0.15, 0.2) is 29.5 Å². The van der Waals surface area contributed by atoms with Crippen LogP contribution in [0.2, 0.25) is 0 Å². The summed E-state index contributed by atoms with van der Waals surface area (Å²) in [7, 11) is 0. The van der Waals surface area contributed by atoms with Gasteiger partial charge in [0.1, 0.15) is 0 Å². The molecule has 0 aliphatic carbocycles. The molecular weight excluding hydrogens is 312 g/mol. The highest BCUT2D eigenvalue weighted by molar-refractivity contribution is 8.03. The van der Waals surface area contributed by atoms with Crippen molar-refractivity contribution in [2.24, 2.45) is 11.7 Å². The zero-order valence-electron chi connectivity index (χ0n) is 15.9. The van der Waals surface area contributed by atoms with E-state index in [9.17, 15) is 0 Å². The summed E-state index contributed by atoms with van der Waals surface area (Å²) in [5.74, 6) is 3.33. The van der Waals surface area contributed by atoms with Gasteiger partial charge in [0.05, 0.1) is 6.04 Å². The Kier molecular flexibility index (Phi) is 13.7. The van der Waals surface area contributed by atoms with Crippen LogP contribution >= 0.6 is 11.8 Å². The molecule has 0 saturated carbocycles. The molecule has 136 valence electrons. The van der Waals surface area contributed by atoms with Gasteiger partial charge in [-0.3, -0.25) is 0 Å². The van der Waals surface area contributed by atoms with Gasteiger partial charge in [0.2, 0.25) is 0 Å². The minimum Gasteiger partial charge on any atom is -0.385 e. The molecule has 0 amide bonds. The smallest absolute Gasteiger partial charge is 0.0836 e. The third-order valence-electron chi connectivity index (χ3n) is 3.96. The van der Waals surface area contributed by atoms with Gasteiger partial charge in [0, 0.05) is 22.4 Å². The lowest BCUT2D eigenvalue weighted by Crippen LogP contribution is -2.33. The maximum absolute atomic E-state index is 5.71. The van der Waals surface area contributed by atoms with Crippen LogP contribution in [-0.4, -0.2) is 17.8 Å². The first-order chi connectivity index (χ1) is 11.4. The van der Waals surface area contributed by atoms with E-state index in [4.69, 9.17) is 12.2 Å². The van der Waals surface area contributed by atoms with E-state index in [0.29, 0.717) is 6.54 Å². The van der Waals surface area contributed by atoms with E-state index in [1.54, 1.807) is 11.8 Å². The topological polar surface area (TPSA) is 38.0 Å². The Morgan fingerprint density at radius 2 is 1.79 bits per heavy atom. The Hall–Kier alpha value is -1.07. The van der Waals surface area contributed by atoms with Gasteiger partial charge in [0.15, 0.2) is 0 Å². The third-order valence-corrected chi connectivity index (χ3v) is 5.23. The summed E-state index contributed by atoms with van der Waals surface area (Å²) >= 11 is 1.77. The fourth-order valence-corrected chi connectivity index (χ4v) is 3.28. The van der Waals surface area contributed by atoms with Gasteiger partial charge >= 0.3 is 0 Å². The Labute approximate surface area is 154 Å². The van der Waals surface area contributed by atoms with Crippen LogP contribution in [0.3, 0.4) is 0 Å². The molecule has 3 N–H and O–H groups in total. The molecule has 0 spiro atoms. The quantitative estimate of drug-likeness (QED) is 0.256. The van der Waals surface area contributed by atoms with E-state index in [0.717, 1.165) is 18.0 Å². The molecule has 0 aromatic heterocycles. The molecule has 0 radical (unpaired) electrons. The molecule has 0 aromatic carbocycles. The molecule has 24 heavy (non-hydrogen) atoms. The zero-order valence-corrected chi connectivity index (χ0v) is 16.7. The summed E-state index contributed by atoms with van der Waals surface area (Å²) in [4.78, 5) is 1.22. The fourth-order valence-electron chi connectivity index (χ4n) is 2.29. The van der Waals surface area contributed by atoms with Gasteiger partial charge in [-0.15, -0.1) is 23.9 Å². The van der Waals surface area contributed by atoms with E-state index in [1.165, 1.54) is 43.4 Å². The van der Waals surface area contributed by atoms with Crippen molar-refractivity contribution >= 4 is 11.8 Å². The minimum absolute atomic E-state index is 0.255. The van der Waals surface area contributed by atoms with Crippen molar-refractivity contribution in [1.82, 2.24) is 5.32 Å². The number of nitrogens with one attached hydrogen (secondary N) is 1. The Bertz CT molecular complexity index is 441. The van der Waals surface area contributed by atoms with Crippen molar-refractivity contribution in [2.45, 2.75) is 77.0 Å². The van der Waals surface area contributed by atoms with Crippen molar-refractivity contribution < 1.29 is 0 Å². The molecule has 2 unspecified atom stereocenters. The van der Waals surface area contributed by atoms with E-state index in [1.807, 2.05) is 0 Å². The summed E-state index contributed by atoms with van der Waals surface area (Å²) in [6.45, 7) is 15.2. The van der Waals surface area contributed by atoms with Crippen molar-refractivity contribution in [3.63, 3.8) is 0 Å². The molecule has 0 saturated heterocycles. The number of nitrogens with two attached hydrogens (primary N) is 1. The molecule has 0 bridgehead atoms. The maximum atomic E-state index is 5.71. The van der Waals surface area contributed by atoms with Crippen molar-refractivity contribution in [2.75, 3.05) is 6.54 Å². The highest BCUT2D eigenvalue weighted by Crippen LogP contribution is 2.28. The van der Waals surface area contributed by atoms with Gasteiger partial charge in [-0.05, 0) is 25.7 Å². The predicted molar refractivity (Wildman–Crippen MR) is 111 cm³/mol. The zero-order chi connectivity index (χ0) is 18.4. The van der Waals surface area contributed by atoms with Crippen LogP contribution < -0.4 is 11.1 Å². The minimum atomic E-state index is -0.274. The summed E-state index contributed by atoms with van der Waals surface area (Å²) in [5.41, 5.74) is 9.74. The molecule has 0 aromatic rings. The lowest BCUT2D eigenvalue weighted by Gasteiger charge is -2.18. The van der Waals surface area contributed by atoms with E-state index in [2.05, 4.69) is 50.9 Å². The second kappa shape index (κ2) is 14.3. The molecular formula is C21H36N2S. The summed E-state index contributed by atoms with van der Waals surface area (Å²) < 4.78 is 0. The molecule has 0 aliphatic heterocycles. The SMILES string of the molecule is C#CC(N)CNC(=C)C(C)SC(=C=C)CCCCCCCC(C)C. The van der Waals surface area contributed by atoms with Crippen LogP contribution in [0.5, 0.6) is 0 Å². The number of allylic oxidation sites excluding steroid dienone is 1. The number of hydrogen-bond acceptors (Lipinski definition) is 3. The van der Waals surface area contributed by atoms with E-state index in [-0.39, 0.29) is 11.3 Å². The number of unbranched alkanes of at least 4 members (excludes halogenated alkanes) is 4. The second-order valence-electron chi connectivity index (χ2n) is 6.74. The Morgan fingerprint density at radius 1 is 1.17 bits per heavy atom. The lowest BCUT2D eigenvalue weighted by molar-refractivity contribution is 0.515. The molecule has 0 fully saturated rings. The molecule has 2 atom stereocenters. The summed E-state index contributed by atoms with van der Waals surface area (Å²) in [6.07, 6.45) is 14.2. The van der Waals surface area contributed by atoms with Gasteiger partial charge in [-0.25, -0.2) is 0 Å². The molecule has 3 heteroatoms. The van der Waals surface area contributed by atoms with Crippen LogP contribution in [0.4, 0.5) is 0 Å². The fraction of sp³-hybridized carbons (Fsp3) is 0.667. The van der Waals surface area contributed by atoms with Gasteiger partial charge in [-0.1, -0.05) is 65.0 Å². The maximum Gasteiger partial charge on any atom is 0.0836 e. The average molecular weight is 349 g/mol. The van der Waals surface area contributed by atoms with E-state index < -0.39 is 0 Å². The van der Waals surface area contributed by atoms with Gasteiger partial charge in [0.25, 0.3) is 0 Å². The number of rotatable bonds is 14. The van der Waals surface area contributed by atoms with Crippen molar-refractivity contribution in [1.29, 1.82) is 0 Å². The number of hydrogen-bond donors (Lipinski definition) is 2. The molecule has 2 nitrogen and oxygen atoms in total. The molecule has 0 aliphatic rings. The Balaban J connectivity index is 3.92. The highest BCUT2D eigenvalue weighted by atomic mass is 32.2. The Morgan fingerprint density at radius 3 is 2.38 bits per heavy atom. The standard InChI is InChI=1S/C21H36N2S/c1-7-20(22)16-23-18(5)19(6)24-21(8-2)15-13-11-9-10-12-14-17(3)4/h1,17,19-20,23H,2,5,9-16,22H2,3-4,6H3. The van der Waals surface area contributed by atoms with Crippen molar-refractivity contribution in [3.8, 4) is 12.3 Å². The first kappa shape index (κ1) is 22.9. The van der Waals surface area contributed by atoms with Gasteiger partial charge in [-0.2, -0.15) is 0 Å². The highest BCUT2D eigenvalue weighted by Gasteiger charge is 2.11.